The number of imidazole rings is 1. The molecule has 0 saturated heterocycles. The Morgan fingerprint density at radius 1 is 0.970 bits per heavy atom. The number of fused-ring (bicyclic) bond motifs is 2. The standard InChI is InChI=1S/C24H19F2N5OS/c1-14-11-12-27-20(13-14)31-22(32)16-7-3-4-8-17(16)29-24(31)33-15(2)21-28-18-9-5-6-10-19(18)30(21)23(25)26/h3-13,15,23H,1-2H3. The van der Waals surface area contributed by atoms with Crippen LogP contribution in [0.2, 0.25) is 0 Å². The fraction of sp³-hybridized carbons (Fsp3) is 0.167. The molecule has 9 heteroatoms. The summed E-state index contributed by atoms with van der Waals surface area (Å²) in [5.74, 6) is 0.637. The average molecular weight is 464 g/mol. The molecule has 5 rings (SSSR count). The molecular formula is C24H19F2N5OS. The molecule has 33 heavy (non-hydrogen) atoms. The minimum Gasteiger partial charge on any atom is -0.269 e. The summed E-state index contributed by atoms with van der Waals surface area (Å²) in [5, 5.41) is 0.297. The molecule has 6 nitrogen and oxygen atoms in total. The van der Waals surface area contributed by atoms with E-state index in [1.54, 1.807) is 67.7 Å². The van der Waals surface area contributed by atoms with Crippen molar-refractivity contribution in [2.24, 2.45) is 0 Å². The molecule has 0 aliphatic rings. The Hall–Kier alpha value is -3.59. The summed E-state index contributed by atoms with van der Waals surface area (Å²) in [7, 11) is 0. The van der Waals surface area contributed by atoms with E-state index in [9.17, 15) is 13.6 Å². The van der Waals surface area contributed by atoms with Crippen molar-refractivity contribution in [3.05, 3.63) is 88.6 Å². The first-order chi connectivity index (χ1) is 15.9. The quantitative estimate of drug-likeness (QED) is 0.248. The second-order valence-corrected chi connectivity index (χ2v) is 8.92. The van der Waals surface area contributed by atoms with Crippen LogP contribution in [0.5, 0.6) is 0 Å². The molecule has 1 unspecified atom stereocenters. The SMILES string of the molecule is Cc1ccnc(-n2c(SC(C)c3nc4ccccc4n3C(F)F)nc3ccccc3c2=O)c1. The first-order valence-corrected chi connectivity index (χ1v) is 11.2. The molecule has 0 bridgehead atoms. The second kappa shape index (κ2) is 8.40. The number of hydrogen-bond acceptors (Lipinski definition) is 5. The summed E-state index contributed by atoms with van der Waals surface area (Å²) in [4.78, 5) is 27.0. The van der Waals surface area contributed by atoms with Gasteiger partial charge in [0.15, 0.2) is 5.16 Å². The van der Waals surface area contributed by atoms with Gasteiger partial charge >= 0.3 is 6.55 Å². The lowest BCUT2D eigenvalue weighted by Crippen LogP contribution is -2.23. The van der Waals surface area contributed by atoms with E-state index in [-0.39, 0.29) is 11.4 Å². The molecule has 0 radical (unpaired) electrons. The molecule has 0 amide bonds. The fourth-order valence-corrected chi connectivity index (χ4v) is 4.82. The predicted octanol–water partition coefficient (Wildman–Crippen LogP) is 5.69. The lowest BCUT2D eigenvalue weighted by molar-refractivity contribution is 0.0715. The molecule has 0 N–H and O–H groups in total. The molecule has 0 saturated carbocycles. The number of benzene rings is 2. The van der Waals surface area contributed by atoms with Gasteiger partial charge in [0, 0.05) is 6.20 Å². The smallest absolute Gasteiger partial charge is 0.269 e. The van der Waals surface area contributed by atoms with Gasteiger partial charge in [-0.3, -0.25) is 9.36 Å². The lowest BCUT2D eigenvalue weighted by atomic mass is 10.2. The van der Waals surface area contributed by atoms with Crippen LogP contribution in [0.3, 0.4) is 0 Å². The topological polar surface area (TPSA) is 65.6 Å². The van der Waals surface area contributed by atoms with Crippen LogP contribution in [0.15, 0.2) is 76.8 Å². The minimum atomic E-state index is -2.75. The molecule has 3 aromatic heterocycles. The Morgan fingerprint density at radius 3 is 2.45 bits per heavy atom. The molecule has 3 heterocycles. The van der Waals surface area contributed by atoms with Gasteiger partial charge in [-0.2, -0.15) is 8.78 Å². The van der Waals surface area contributed by atoms with E-state index in [1.807, 2.05) is 13.0 Å². The highest BCUT2D eigenvalue weighted by molar-refractivity contribution is 7.99. The van der Waals surface area contributed by atoms with Crippen LogP contribution >= 0.6 is 11.8 Å². The van der Waals surface area contributed by atoms with Crippen LogP contribution in [0.4, 0.5) is 8.78 Å². The Kier molecular flexibility index (Phi) is 5.41. The van der Waals surface area contributed by atoms with Gasteiger partial charge in [-0.1, -0.05) is 36.0 Å². The number of nitrogens with zero attached hydrogens (tertiary/aromatic N) is 5. The Bertz CT molecular complexity index is 1550. The molecule has 0 spiro atoms. The number of hydrogen-bond donors (Lipinski definition) is 0. The van der Waals surface area contributed by atoms with Crippen LogP contribution in [-0.4, -0.2) is 24.1 Å². The number of rotatable bonds is 5. The van der Waals surface area contributed by atoms with E-state index < -0.39 is 11.8 Å². The maximum Gasteiger partial charge on any atom is 0.320 e. The largest absolute Gasteiger partial charge is 0.320 e. The van der Waals surface area contributed by atoms with Gasteiger partial charge in [0.25, 0.3) is 5.56 Å². The predicted molar refractivity (Wildman–Crippen MR) is 125 cm³/mol. The molecular weight excluding hydrogens is 444 g/mol. The van der Waals surface area contributed by atoms with Crippen LogP contribution in [0.1, 0.15) is 30.1 Å². The Morgan fingerprint density at radius 2 is 1.70 bits per heavy atom. The first-order valence-electron chi connectivity index (χ1n) is 10.3. The van der Waals surface area contributed by atoms with Gasteiger partial charge < -0.3 is 0 Å². The van der Waals surface area contributed by atoms with E-state index in [0.717, 1.165) is 10.1 Å². The summed E-state index contributed by atoms with van der Waals surface area (Å²) in [6.07, 6.45) is 1.63. The Labute approximate surface area is 191 Å². The van der Waals surface area contributed by atoms with Gasteiger partial charge in [0.2, 0.25) is 0 Å². The number of thioether (sulfide) groups is 1. The van der Waals surface area contributed by atoms with Crippen molar-refractivity contribution < 1.29 is 8.78 Å². The number of aryl methyl sites for hydroxylation is 1. The zero-order valence-electron chi connectivity index (χ0n) is 17.8. The highest BCUT2D eigenvalue weighted by Crippen LogP contribution is 2.37. The van der Waals surface area contributed by atoms with Gasteiger partial charge in [0.1, 0.15) is 11.6 Å². The molecule has 166 valence electrons. The number of halogens is 2. The van der Waals surface area contributed by atoms with Gasteiger partial charge in [-0.25, -0.2) is 19.5 Å². The van der Waals surface area contributed by atoms with Crippen molar-refractivity contribution in [1.82, 2.24) is 24.1 Å². The summed E-state index contributed by atoms with van der Waals surface area (Å²) >= 11 is 1.19. The highest BCUT2D eigenvalue weighted by atomic mass is 32.2. The summed E-state index contributed by atoms with van der Waals surface area (Å²) in [6, 6.07) is 17.5. The average Bonchev–Trinajstić information content (AvgIpc) is 3.19. The molecule has 2 aromatic carbocycles. The summed E-state index contributed by atoms with van der Waals surface area (Å²) in [5.41, 5.74) is 2.05. The van der Waals surface area contributed by atoms with E-state index >= 15 is 0 Å². The van der Waals surface area contributed by atoms with Gasteiger partial charge in [-0.05, 0) is 55.8 Å². The van der Waals surface area contributed by atoms with Crippen molar-refractivity contribution >= 4 is 33.7 Å². The monoisotopic (exact) mass is 463 g/mol. The van der Waals surface area contributed by atoms with Crippen LogP contribution in [0, 0.1) is 6.92 Å². The number of para-hydroxylation sites is 3. The molecule has 1 atom stereocenters. The number of pyridine rings is 1. The number of alkyl halides is 2. The van der Waals surface area contributed by atoms with E-state index in [4.69, 9.17) is 4.98 Å². The molecule has 0 aliphatic carbocycles. The molecule has 0 fully saturated rings. The highest BCUT2D eigenvalue weighted by Gasteiger charge is 2.25. The summed E-state index contributed by atoms with van der Waals surface area (Å²) in [6.45, 7) is 0.936. The van der Waals surface area contributed by atoms with Crippen molar-refractivity contribution in [2.45, 2.75) is 30.8 Å². The Balaban J connectivity index is 1.68. The van der Waals surface area contributed by atoms with Gasteiger partial charge in [-0.15, -0.1) is 0 Å². The van der Waals surface area contributed by atoms with Crippen LogP contribution < -0.4 is 5.56 Å². The molecule has 0 aliphatic heterocycles. The van der Waals surface area contributed by atoms with E-state index in [0.29, 0.717) is 32.9 Å². The molecule has 5 aromatic rings. The summed E-state index contributed by atoms with van der Waals surface area (Å²) < 4.78 is 30.3. The third kappa shape index (κ3) is 3.78. The second-order valence-electron chi connectivity index (χ2n) is 7.61. The van der Waals surface area contributed by atoms with Crippen molar-refractivity contribution in [3.8, 4) is 5.82 Å². The van der Waals surface area contributed by atoms with Crippen molar-refractivity contribution in [2.75, 3.05) is 0 Å². The normalized spacial score (nSPS) is 12.6. The zero-order valence-corrected chi connectivity index (χ0v) is 18.6. The fourth-order valence-electron chi connectivity index (χ4n) is 3.80. The number of aromatic nitrogens is 5. The lowest BCUT2D eigenvalue weighted by Gasteiger charge is -2.17. The first kappa shape index (κ1) is 21.3. The van der Waals surface area contributed by atoms with E-state index in [2.05, 4.69) is 9.97 Å². The van der Waals surface area contributed by atoms with Crippen molar-refractivity contribution in [1.29, 1.82) is 0 Å². The van der Waals surface area contributed by atoms with E-state index in [1.165, 1.54) is 16.3 Å². The third-order valence-corrected chi connectivity index (χ3v) is 6.39. The van der Waals surface area contributed by atoms with Crippen LogP contribution in [-0.2, 0) is 0 Å². The maximum atomic E-state index is 14.0. The minimum absolute atomic E-state index is 0.211. The zero-order chi connectivity index (χ0) is 23.1. The van der Waals surface area contributed by atoms with Gasteiger partial charge in [0.05, 0.1) is 27.2 Å². The van der Waals surface area contributed by atoms with Crippen molar-refractivity contribution in [3.63, 3.8) is 0 Å². The maximum absolute atomic E-state index is 14.0. The van der Waals surface area contributed by atoms with Crippen LogP contribution in [0.25, 0.3) is 27.8 Å². The third-order valence-electron chi connectivity index (χ3n) is 5.34.